The summed E-state index contributed by atoms with van der Waals surface area (Å²) in [6, 6.07) is 9.51. The summed E-state index contributed by atoms with van der Waals surface area (Å²) in [6.45, 7) is 0.790. The number of rotatable bonds is 3. The van der Waals surface area contributed by atoms with Crippen LogP contribution in [0, 0.1) is 0 Å². The van der Waals surface area contributed by atoms with Crippen LogP contribution in [0.5, 0.6) is 11.5 Å². The molecule has 25 heavy (non-hydrogen) atoms. The molecule has 1 aromatic carbocycles. The summed E-state index contributed by atoms with van der Waals surface area (Å²) in [7, 11) is 0. The van der Waals surface area contributed by atoms with Crippen molar-refractivity contribution >= 4 is 17.2 Å². The Labute approximate surface area is 147 Å². The van der Waals surface area contributed by atoms with Crippen LogP contribution in [0.1, 0.15) is 5.69 Å². The average Bonchev–Trinajstić information content (AvgIpc) is 3.34. The van der Waals surface area contributed by atoms with E-state index in [2.05, 4.69) is 15.1 Å². The second-order valence-electron chi connectivity index (χ2n) is 5.61. The van der Waals surface area contributed by atoms with E-state index < -0.39 is 0 Å². The first-order valence-electron chi connectivity index (χ1n) is 7.68. The van der Waals surface area contributed by atoms with Crippen LogP contribution in [0.15, 0.2) is 49.1 Å². The number of fused-ring (bicyclic) bond motifs is 2. The van der Waals surface area contributed by atoms with E-state index in [9.17, 15) is 0 Å². The van der Waals surface area contributed by atoms with Crippen molar-refractivity contribution in [3.05, 3.63) is 59.8 Å². The summed E-state index contributed by atoms with van der Waals surface area (Å²) in [5.74, 6) is 2.08. The van der Waals surface area contributed by atoms with Crippen molar-refractivity contribution in [1.29, 1.82) is 0 Å². The Hall–Kier alpha value is -3.06. The molecule has 7 nitrogen and oxygen atoms in total. The van der Waals surface area contributed by atoms with Gasteiger partial charge in [-0.15, -0.1) is 0 Å². The van der Waals surface area contributed by atoms with E-state index in [1.54, 1.807) is 18.6 Å². The van der Waals surface area contributed by atoms with Crippen LogP contribution in [-0.2, 0) is 6.54 Å². The monoisotopic (exact) mass is 353 g/mol. The Bertz CT molecular complexity index is 1090. The molecule has 5 rings (SSSR count). The van der Waals surface area contributed by atoms with Gasteiger partial charge < -0.3 is 14.0 Å². The van der Waals surface area contributed by atoms with Crippen molar-refractivity contribution in [3.63, 3.8) is 0 Å². The predicted molar refractivity (Wildman–Crippen MR) is 90.9 cm³/mol. The van der Waals surface area contributed by atoms with Gasteiger partial charge in [-0.1, -0.05) is 17.7 Å². The van der Waals surface area contributed by atoms with Crippen LogP contribution in [0.25, 0.3) is 17.0 Å². The minimum absolute atomic E-state index is 0.206. The van der Waals surface area contributed by atoms with Crippen LogP contribution >= 0.6 is 11.6 Å². The third-order valence-corrected chi connectivity index (χ3v) is 4.44. The fraction of sp³-hybridized carbons (Fsp3) is 0.118. The SMILES string of the molecule is Clc1cc2c(cc1-c1nccn1Cc1cccc3ncnn13)OCO2. The Balaban J connectivity index is 1.58. The lowest BCUT2D eigenvalue weighted by molar-refractivity contribution is 0.174. The summed E-state index contributed by atoms with van der Waals surface area (Å²) in [5.41, 5.74) is 2.59. The standard InChI is InChI=1S/C17H12ClN5O2/c18-13-7-15-14(24-10-25-15)6-12(13)17-19-4-5-22(17)8-11-2-1-3-16-20-9-21-23(11)16/h1-7,9H,8,10H2. The van der Waals surface area contributed by atoms with Crippen molar-refractivity contribution < 1.29 is 9.47 Å². The molecular formula is C17H12ClN5O2. The van der Waals surface area contributed by atoms with Crippen molar-refractivity contribution in [2.45, 2.75) is 6.54 Å². The Morgan fingerprint density at radius 1 is 1.12 bits per heavy atom. The number of nitrogens with zero attached hydrogens (tertiary/aromatic N) is 5. The highest BCUT2D eigenvalue weighted by molar-refractivity contribution is 6.33. The first kappa shape index (κ1) is 14.3. The number of halogens is 1. The smallest absolute Gasteiger partial charge is 0.231 e. The predicted octanol–water partition coefficient (Wildman–Crippen LogP) is 3.02. The molecule has 0 N–H and O–H groups in total. The number of imidazole rings is 1. The van der Waals surface area contributed by atoms with Crippen molar-refractivity contribution in [2.75, 3.05) is 6.79 Å². The van der Waals surface area contributed by atoms with E-state index in [4.69, 9.17) is 21.1 Å². The van der Waals surface area contributed by atoms with Gasteiger partial charge in [-0.05, 0) is 18.2 Å². The second kappa shape index (κ2) is 5.49. The van der Waals surface area contributed by atoms with Crippen molar-refractivity contribution in [1.82, 2.24) is 24.1 Å². The molecule has 0 radical (unpaired) electrons. The Morgan fingerprint density at radius 2 is 2.00 bits per heavy atom. The first-order chi connectivity index (χ1) is 12.3. The molecule has 0 saturated heterocycles. The van der Waals surface area contributed by atoms with E-state index >= 15 is 0 Å². The molecule has 1 aliphatic heterocycles. The maximum atomic E-state index is 6.44. The molecule has 3 aromatic heterocycles. The topological polar surface area (TPSA) is 66.5 Å². The third-order valence-electron chi connectivity index (χ3n) is 4.13. The molecule has 4 aromatic rings. The number of ether oxygens (including phenoxy) is 2. The van der Waals surface area contributed by atoms with Gasteiger partial charge in [0.25, 0.3) is 0 Å². The number of hydrogen-bond donors (Lipinski definition) is 0. The number of benzene rings is 1. The maximum absolute atomic E-state index is 6.44. The van der Waals surface area contributed by atoms with Crippen LogP contribution in [0.2, 0.25) is 5.02 Å². The third kappa shape index (κ3) is 2.32. The van der Waals surface area contributed by atoms with E-state index in [0.29, 0.717) is 23.1 Å². The van der Waals surface area contributed by atoms with Gasteiger partial charge in [-0.2, -0.15) is 5.10 Å². The van der Waals surface area contributed by atoms with Crippen LogP contribution < -0.4 is 9.47 Å². The zero-order valence-corrected chi connectivity index (χ0v) is 13.7. The summed E-state index contributed by atoms with van der Waals surface area (Å²) < 4.78 is 14.6. The first-order valence-corrected chi connectivity index (χ1v) is 8.06. The fourth-order valence-corrected chi connectivity index (χ4v) is 3.20. The summed E-state index contributed by atoms with van der Waals surface area (Å²) in [6.07, 6.45) is 5.20. The minimum Gasteiger partial charge on any atom is -0.454 e. The number of aromatic nitrogens is 5. The van der Waals surface area contributed by atoms with E-state index in [1.165, 1.54) is 0 Å². The summed E-state index contributed by atoms with van der Waals surface area (Å²) in [4.78, 5) is 8.69. The van der Waals surface area contributed by atoms with Crippen LogP contribution in [0.3, 0.4) is 0 Å². The normalized spacial score (nSPS) is 12.8. The molecule has 124 valence electrons. The Morgan fingerprint density at radius 3 is 2.92 bits per heavy atom. The molecule has 0 saturated carbocycles. The van der Waals surface area contributed by atoms with Gasteiger partial charge >= 0.3 is 0 Å². The van der Waals surface area contributed by atoms with Crippen LogP contribution in [-0.4, -0.2) is 30.9 Å². The lowest BCUT2D eigenvalue weighted by Crippen LogP contribution is -2.06. The molecule has 0 unspecified atom stereocenters. The van der Waals surface area contributed by atoms with Crippen molar-refractivity contribution in [2.24, 2.45) is 0 Å². The minimum atomic E-state index is 0.206. The second-order valence-corrected chi connectivity index (χ2v) is 6.02. The van der Waals surface area contributed by atoms with Gasteiger partial charge in [-0.25, -0.2) is 14.5 Å². The maximum Gasteiger partial charge on any atom is 0.231 e. The zero-order chi connectivity index (χ0) is 16.8. The molecule has 4 heterocycles. The van der Waals surface area contributed by atoms with Gasteiger partial charge in [0.1, 0.15) is 12.2 Å². The van der Waals surface area contributed by atoms with Gasteiger partial charge in [0.05, 0.1) is 17.3 Å². The van der Waals surface area contributed by atoms with Crippen LogP contribution in [0.4, 0.5) is 0 Å². The lowest BCUT2D eigenvalue weighted by atomic mass is 10.2. The largest absolute Gasteiger partial charge is 0.454 e. The number of pyridine rings is 1. The fourth-order valence-electron chi connectivity index (χ4n) is 2.96. The lowest BCUT2D eigenvalue weighted by Gasteiger charge is -2.11. The van der Waals surface area contributed by atoms with Gasteiger partial charge in [0, 0.05) is 24.0 Å². The van der Waals surface area contributed by atoms with E-state index in [1.807, 2.05) is 39.5 Å². The molecule has 0 atom stereocenters. The highest BCUT2D eigenvalue weighted by atomic mass is 35.5. The van der Waals surface area contributed by atoms with Gasteiger partial charge in [0.15, 0.2) is 17.1 Å². The molecule has 8 heteroatoms. The average molecular weight is 354 g/mol. The van der Waals surface area contributed by atoms with Gasteiger partial charge in [-0.3, -0.25) is 0 Å². The molecule has 0 bridgehead atoms. The highest BCUT2D eigenvalue weighted by Crippen LogP contribution is 2.40. The molecule has 0 fully saturated rings. The number of hydrogen-bond acceptors (Lipinski definition) is 5. The molecule has 0 amide bonds. The van der Waals surface area contributed by atoms with Gasteiger partial charge in [0.2, 0.25) is 6.79 Å². The quantitative estimate of drug-likeness (QED) is 0.566. The van der Waals surface area contributed by atoms with E-state index in [0.717, 1.165) is 22.7 Å². The Kier molecular flexibility index (Phi) is 3.14. The van der Waals surface area contributed by atoms with E-state index in [-0.39, 0.29) is 6.79 Å². The molecule has 1 aliphatic rings. The molecule has 0 aliphatic carbocycles. The molecular weight excluding hydrogens is 342 g/mol. The highest BCUT2D eigenvalue weighted by Gasteiger charge is 2.20. The van der Waals surface area contributed by atoms with Crippen molar-refractivity contribution in [3.8, 4) is 22.9 Å². The summed E-state index contributed by atoms with van der Waals surface area (Å²) >= 11 is 6.44. The summed E-state index contributed by atoms with van der Waals surface area (Å²) in [5, 5.41) is 4.84. The molecule has 0 spiro atoms. The zero-order valence-electron chi connectivity index (χ0n) is 13.0.